The zero-order valence-electron chi connectivity index (χ0n) is 17.1. The lowest BCUT2D eigenvalue weighted by Crippen LogP contribution is -2.39. The van der Waals surface area contributed by atoms with Crippen molar-refractivity contribution in [1.29, 1.82) is 0 Å². The third kappa shape index (κ3) is 5.73. The van der Waals surface area contributed by atoms with Crippen LogP contribution in [-0.2, 0) is 0 Å². The van der Waals surface area contributed by atoms with E-state index in [4.69, 9.17) is 9.47 Å². The summed E-state index contributed by atoms with van der Waals surface area (Å²) in [5.41, 5.74) is 2.41. The van der Waals surface area contributed by atoms with Crippen molar-refractivity contribution in [2.45, 2.75) is 13.8 Å². The first-order valence-corrected chi connectivity index (χ1v) is 9.01. The number of nitrogens with zero attached hydrogens (tertiary/aromatic N) is 1. The van der Waals surface area contributed by atoms with Crippen LogP contribution in [0.3, 0.4) is 0 Å². The van der Waals surface area contributed by atoms with Gasteiger partial charge in [0, 0.05) is 24.2 Å². The predicted octanol–water partition coefficient (Wildman–Crippen LogP) is 3.69. The molecule has 1 amide bonds. The molecule has 0 aliphatic heterocycles. The number of rotatable bonds is 8. The molecule has 2 aromatic carbocycles. The van der Waals surface area contributed by atoms with Gasteiger partial charge in [-0.1, -0.05) is 26.0 Å². The molecule has 0 unspecified atom stereocenters. The van der Waals surface area contributed by atoms with Crippen LogP contribution in [0.15, 0.2) is 42.5 Å². The third-order valence-corrected chi connectivity index (χ3v) is 4.31. The van der Waals surface area contributed by atoms with Gasteiger partial charge in [0.2, 0.25) is 0 Å². The highest BCUT2D eigenvalue weighted by Crippen LogP contribution is 2.33. The van der Waals surface area contributed by atoms with Crippen LogP contribution in [0.5, 0.6) is 11.5 Å². The van der Waals surface area contributed by atoms with E-state index in [2.05, 4.69) is 24.1 Å². The van der Waals surface area contributed by atoms with Crippen LogP contribution in [0.1, 0.15) is 24.2 Å². The van der Waals surface area contributed by atoms with E-state index in [-0.39, 0.29) is 11.3 Å². The zero-order valence-corrected chi connectivity index (χ0v) is 17.1. The second-order valence-corrected chi connectivity index (χ2v) is 7.73. The maximum absolute atomic E-state index is 12.7. The molecule has 0 aliphatic carbocycles. The number of carbonyl (C=O) groups is 1. The number of benzene rings is 2. The molecule has 146 valence electrons. The topological polar surface area (TPSA) is 50.8 Å². The van der Waals surface area contributed by atoms with Gasteiger partial charge >= 0.3 is 0 Å². The monoisotopic (exact) mass is 370 g/mol. The summed E-state index contributed by atoms with van der Waals surface area (Å²) in [4.78, 5) is 14.8. The smallest absolute Gasteiger partial charge is 0.251 e. The molecule has 0 atom stereocenters. The van der Waals surface area contributed by atoms with Crippen LogP contribution < -0.4 is 14.8 Å². The quantitative estimate of drug-likeness (QED) is 0.770. The van der Waals surface area contributed by atoms with Crippen molar-refractivity contribution in [2.75, 3.05) is 41.4 Å². The Labute approximate surface area is 162 Å². The molecule has 0 spiro atoms. The molecule has 2 aromatic rings. The summed E-state index contributed by atoms with van der Waals surface area (Å²) < 4.78 is 10.8. The van der Waals surface area contributed by atoms with Gasteiger partial charge < -0.3 is 19.7 Å². The maximum atomic E-state index is 12.7. The first-order chi connectivity index (χ1) is 12.8. The van der Waals surface area contributed by atoms with Crippen molar-refractivity contribution in [1.82, 2.24) is 10.2 Å². The van der Waals surface area contributed by atoms with Crippen LogP contribution in [0, 0.1) is 5.41 Å². The Bertz CT molecular complexity index is 785. The number of hydrogen-bond acceptors (Lipinski definition) is 4. The Morgan fingerprint density at radius 1 is 1.07 bits per heavy atom. The van der Waals surface area contributed by atoms with Crippen LogP contribution in [0.2, 0.25) is 0 Å². The van der Waals surface area contributed by atoms with Gasteiger partial charge in [0.1, 0.15) is 11.5 Å². The van der Waals surface area contributed by atoms with E-state index in [0.29, 0.717) is 12.1 Å². The summed E-state index contributed by atoms with van der Waals surface area (Å²) in [6.45, 7) is 5.79. The van der Waals surface area contributed by atoms with Gasteiger partial charge in [-0.2, -0.15) is 0 Å². The summed E-state index contributed by atoms with van der Waals surface area (Å²) in [7, 11) is 7.34. The summed E-state index contributed by atoms with van der Waals surface area (Å²) >= 11 is 0. The Morgan fingerprint density at radius 2 is 1.81 bits per heavy atom. The van der Waals surface area contributed by atoms with Gasteiger partial charge in [0.05, 0.1) is 14.2 Å². The van der Waals surface area contributed by atoms with E-state index < -0.39 is 0 Å². The molecule has 0 bridgehead atoms. The first-order valence-electron chi connectivity index (χ1n) is 9.01. The highest BCUT2D eigenvalue weighted by Gasteiger charge is 2.20. The normalized spacial score (nSPS) is 11.4. The van der Waals surface area contributed by atoms with Gasteiger partial charge in [0.15, 0.2) is 0 Å². The molecule has 1 N–H and O–H groups in total. The predicted molar refractivity (Wildman–Crippen MR) is 110 cm³/mol. The van der Waals surface area contributed by atoms with E-state index in [9.17, 15) is 4.79 Å². The number of carbonyl (C=O) groups excluding carboxylic acids is 1. The van der Waals surface area contributed by atoms with Gasteiger partial charge in [-0.25, -0.2) is 0 Å². The molecule has 0 fully saturated rings. The largest absolute Gasteiger partial charge is 0.497 e. The van der Waals surface area contributed by atoms with Crippen molar-refractivity contribution in [3.05, 3.63) is 48.0 Å². The average molecular weight is 370 g/mol. The fourth-order valence-electron chi connectivity index (χ4n) is 3.20. The first kappa shape index (κ1) is 20.8. The minimum Gasteiger partial charge on any atom is -0.497 e. The fourth-order valence-corrected chi connectivity index (χ4v) is 3.20. The van der Waals surface area contributed by atoms with Gasteiger partial charge in [-0.05, 0) is 55.4 Å². The minimum atomic E-state index is -0.0782. The van der Waals surface area contributed by atoms with Crippen LogP contribution in [0.4, 0.5) is 0 Å². The number of amides is 1. The third-order valence-electron chi connectivity index (χ3n) is 4.31. The molecule has 5 heteroatoms. The number of ether oxygens (including phenoxy) is 2. The second-order valence-electron chi connectivity index (χ2n) is 7.73. The average Bonchev–Trinajstić information content (AvgIpc) is 2.64. The number of hydrogen-bond donors (Lipinski definition) is 1. The van der Waals surface area contributed by atoms with E-state index in [1.54, 1.807) is 14.2 Å². The van der Waals surface area contributed by atoms with E-state index >= 15 is 0 Å². The zero-order chi connectivity index (χ0) is 20.0. The minimum absolute atomic E-state index is 0.00716. The molecule has 5 nitrogen and oxygen atoms in total. The molecule has 0 aromatic heterocycles. The lowest BCUT2D eigenvalue weighted by atomic mass is 9.92. The van der Waals surface area contributed by atoms with Crippen LogP contribution >= 0.6 is 0 Å². The van der Waals surface area contributed by atoms with Gasteiger partial charge in [-0.15, -0.1) is 0 Å². The van der Waals surface area contributed by atoms with Crippen molar-refractivity contribution in [2.24, 2.45) is 5.41 Å². The second kappa shape index (κ2) is 8.91. The standard InChI is InChI=1S/C22H30N2O3/c1-22(2,15-24(3)4)14-23-21(25)17-9-7-8-16(12-17)19-13-18(26-5)10-11-20(19)27-6/h7-13H,14-15H2,1-6H3,(H,23,25). The van der Waals surface area contributed by atoms with Gasteiger partial charge in [-0.3, -0.25) is 4.79 Å². The van der Waals surface area contributed by atoms with E-state index in [1.165, 1.54) is 0 Å². The summed E-state index contributed by atoms with van der Waals surface area (Å²) in [6, 6.07) is 13.2. The van der Waals surface area contributed by atoms with Gasteiger partial charge in [0.25, 0.3) is 5.91 Å². The molecule has 0 saturated heterocycles. The maximum Gasteiger partial charge on any atom is 0.251 e. The molecule has 0 heterocycles. The van der Waals surface area contributed by atoms with Crippen LogP contribution in [0.25, 0.3) is 11.1 Å². The van der Waals surface area contributed by atoms with E-state index in [1.807, 2.05) is 56.6 Å². The van der Waals surface area contributed by atoms with E-state index in [0.717, 1.165) is 29.2 Å². The lowest BCUT2D eigenvalue weighted by molar-refractivity contribution is 0.0929. The molecule has 0 radical (unpaired) electrons. The highest BCUT2D eigenvalue weighted by atomic mass is 16.5. The molecule has 27 heavy (non-hydrogen) atoms. The van der Waals surface area contributed by atoms with Crippen molar-refractivity contribution in [3.63, 3.8) is 0 Å². The molecular formula is C22H30N2O3. The lowest BCUT2D eigenvalue weighted by Gasteiger charge is -2.28. The fraction of sp³-hybridized carbons (Fsp3) is 0.409. The molecule has 0 saturated carbocycles. The summed E-state index contributed by atoms with van der Waals surface area (Å²) in [6.07, 6.45) is 0. The SMILES string of the molecule is COc1ccc(OC)c(-c2cccc(C(=O)NCC(C)(C)CN(C)C)c2)c1. The Hall–Kier alpha value is -2.53. The highest BCUT2D eigenvalue weighted by molar-refractivity contribution is 5.95. The van der Waals surface area contributed by atoms with Crippen LogP contribution in [-0.4, -0.2) is 52.2 Å². The molecule has 0 aliphatic rings. The molecular weight excluding hydrogens is 340 g/mol. The summed E-state index contributed by atoms with van der Waals surface area (Å²) in [5, 5.41) is 3.05. The number of methoxy groups -OCH3 is 2. The summed E-state index contributed by atoms with van der Waals surface area (Å²) in [5.74, 6) is 1.40. The van der Waals surface area contributed by atoms with Crippen molar-refractivity contribution >= 4 is 5.91 Å². The van der Waals surface area contributed by atoms with Crippen molar-refractivity contribution in [3.8, 4) is 22.6 Å². The molecule has 2 rings (SSSR count). The number of nitrogens with one attached hydrogen (secondary N) is 1. The Balaban J connectivity index is 2.21. The Kier molecular flexibility index (Phi) is 6.86. The van der Waals surface area contributed by atoms with Crippen molar-refractivity contribution < 1.29 is 14.3 Å². The Morgan fingerprint density at radius 3 is 2.44 bits per heavy atom.